The summed E-state index contributed by atoms with van der Waals surface area (Å²) in [6, 6.07) is 9.03. The van der Waals surface area contributed by atoms with Gasteiger partial charge in [-0.3, -0.25) is 9.69 Å². The van der Waals surface area contributed by atoms with Gasteiger partial charge in [0.05, 0.1) is 0 Å². The second-order valence-electron chi connectivity index (χ2n) is 6.33. The van der Waals surface area contributed by atoms with Gasteiger partial charge in [0, 0.05) is 30.7 Å². The van der Waals surface area contributed by atoms with Crippen LogP contribution in [0.15, 0.2) is 24.3 Å². The summed E-state index contributed by atoms with van der Waals surface area (Å²) in [5.74, 6) is -0.322. The molecule has 0 aromatic heterocycles. The molecule has 0 spiro atoms. The maximum absolute atomic E-state index is 11.6. The molecule has 1 heterocycles. The second kappa shape index (κ2) is 6.58. The lowest BCUT2D eigenvalue weighted by atomic mass is 10.0. The summed E-state index contributed by atoms with van der Waals surface area (Å²) in [4.78, 5) is 14.1. The smallest absolute Gasteiger partial charge is 0.249 e. The van der Waals surface area contributed by atoms with Gasteiger partial charge in [-0.15, -0.1) is 0 Å². The minimum atomic E-state index is -0.322. The molecule has 1 unspecified atom stereocenters. The highest BCUT2D eigenvalue weighted by molar-refractivity contribution is 5.94. The molecule has 2 aliphatic rings. The zero-order chi connectivity index (χ0) is 14.7. The first kappa shape index (κ1) is 14.5. The number of hydrogen-bond acceptors (Lipinski definition) is 3. The van der Waals surface area contributed by atoms with Crippen LogP contribution in [0.1, 0.15) is 48.0 Å². The zero-order valence-electron chi connectivity index (χ0n) is 12.6. The minimum absolute atomic E-state index is 0.322. The molecule has 1 saturated carbocycles. The molecule has 4 nitrogen and oxygen atoms in total. The molecule has 1 aromatic rings. The largest absolute Gasteiger partial charge is 0.366 e. The molecule has 1 aromatic carbocycles. The van der Waals surface area contributed by atoms with E-state index in [1.165, 1.54) is 32.1 Å². The average Bonchev–Trinajstić information content (AvgIpc) is 3.33. The molecule has 1 amide bonds. The van der Waals surface area contributed by atoms with Gasteiger partial charge in [0.15, 0.2) is 0 Å². The van der Waals surface area contributed by atoms with Crippen LogP contribution in [0.25, 0.3) is 0 Å². The monoisotopic (exact) mass is 287 g/mol. The number of benzene rings is 1. The number of carbonyl (C=O) groups excluding carboxylic acids is 1. The number of primary amides is 1. The molecule has 1 atom stereocenters. The predicted molar refractivity (Wildman–Crippen MR) is 84.0 cm³/mol. The minimum Gasteiger partial charge on any atom is -0.366 e. The third-order valence-electron chi connectivity index (χ3n) is 4.59. The summed E-state index contributed by atoms with van der Waals surface area (Å²) in [7, 11) is 0. The van der Waals surface area contributed by atoms with Crippen LogP contribution >= 0.6 is 0 Å². The van der Waals surface area contributed by atoms with Crippen molar-refractivity contribution in [1.82, 2.24) is 10.2 Å². The fourth-order valence-electron chi connectivity index (χ4n) is 3.26. The van der Waals surface area contributed by atoms with E-state index in [4.69, 9.17) is 5.73 Å². The van der Waals surface area contributed by atoms with Crippen LogP contribution in [-0.2, 0) is 6.54 Å². The highest BCUT2D eigenvalue weighted by atomic mass is 16.1. The van der Waals surface area contributed by atoms with Crippen molar-refractivity contribution in [2.45, 2.75) is 50.7 Å². The first-order valence-corrected chi connectivity index (χ1v) is 8.09. The van der Waals surface area contributed by atoms with E-state index in [0.29, 0.717) is 17.6 Å². The van der Waals surface area contributed by atoms with Gasteiger partial charge in [-0.1, -0.05) is 24.6 Å². The Bertz CT molecular complexity index is 493. The maximum Gasteiger partial charge on any atom is 0.249 e. The molecule has 1 saturated heterocycles. The van der Waals surface area contributed by atoms with Crippen molar-refractivity contribution in [3.63, 3.8) is 0 Å². The Hall–Kier alpha value is -1.39. The molecule has 114 valence electrons. The number of rotatable bonds is 6. The van der Waals surface area contributed by atoms with E-state index < -0.39 is 0 Å². The van der Waals surface area contributed by atoms with E-state index in [9.17, 15) is 4.79 Å². The standard InChI is InChI=1S/C17H25N3O/c18-17(21)16-7-2-1-5-13(16)11-20(15-8-9-15)12-14-6-3-4-10-19-14/h1-2,5,7,14-15,19H,3-4,6,8-12H2,(H2,18,21). The fraction of sp³-hybridized carbons (Fsp3) is 0.588. The Morgan fingerprint density at radius 2 is 2.05 bits per heavy atom. The fourth-order valence-corrected chi connectivity index (χ4v) is 3.26. The van der Waals surface area contributed by atoms with Crippen LogP contribution in [0.3, 0.4) is 0 Å². The first-order valence-electron chi connectivity index (χ1n) is 8.09. The van der Waals surface area contributed by atoms with E-state index in [-0.39, 0.29) is 5.91 Å². The zero-order valence-corrected chi connectivity index (χ0v) is 12.6. The van der Waals surface area contributed by atoms with E-state index in [1.807, 2.05) is 24.3 Å². The third kappa shape index (κ3) is 3.83. The molecule has 1 aliphatic heterocycles. The van der Waals surface area contributed by atoms with Crippen LogP contribution in [-0.4, -0.2) is 36.0 Å². The molecule has 0 radical (unpaired) electrons. The number of nitrogens with one attached hydrogen (secondary N) is 1. The lowest BCUT2D eigenvalue weighted by Crippen LogP contribution is -2.44. The lowest BCUT2D eigenvalue weighted by molar-refractivity contribution is 0.0998. The van der Waals surface area contributed by atoms with Crippen molar-refractivity contribution >= 4 is 5.91 Å². The van der Waals surface area contributed by atoms with Crippen molar-refractivity contribution in [1.29, 1.82) is 0 Å². The van der Waals surface area contributed by atoms with Crippen LogP contribution in [0, 0.1) is 0 Å². The number of hydrogen-bond donors (Lipinski definition) is 2. The Balaban J connectivity index is 1.69. The molecule has 0 bridgehead atoms. The average molecular weight is 287 g/mol. The van der Waals surface area contributed by atoms with E-state index in [1.54, 1.807) is 0 Å². The highest BCUT2D eigenvalue weighted by Gasteiger charge is 2.31. The summed E-state index contributed by atoms with van der Waals surface area (Å²) in [5, 5.41) is 3.62. The van der Waals surface area contributed by atoms with E-state index in [2.05, 4.69) is 10.2 Å². The molecule has 3 rings (SSSR count). The predicted octanol–water partition coefficient (Wildman–Crippen LogP) is 1.89. The van der Waals surface area contributed by atoms with Crippen molar-refractivity contribution in [2.75, 3.05) is 13.1 Å². The van der Waals surface area contributed by atoms with Crippen LogP contribution < -0.4 is 11.1 Å². The van der Waals surface area contributed by atoms with Crippen molar-refractivity contribution in [3.05, 3.63) is 35.4 Å². The van der Waals surface area contributed by atoms with E-state index >= 15 is 0 Å². The molecular weight excluding hydrogens is 262 g/mol. The van der Waals surface area contributed by atoms with Gasteiger partial charge in [-0.05, 0) is 43.9 Å². The summed E-state index contributed by atoms with van der Waals surface area (Å²) >= 11 is 0. The summed E-state index contributed by atoms with van der Waals surface area (Å²) < 4.78 is 0. The topological polar surface area (TPSA) is 58.4 Å². The lowest BCUT2D eigenvalue weighted by Gasteiger charge is -2.31. The van der Waals surface area contributed by atoms with Crippen molar-refractivity contribution in [2.24, 2.45) is 5.73 Å². The Morgan fingerprint density at radius 3 is 2.71 bits per heavy atom. The number of piperidine rings is 1. The van der Waals surface area contributed by atoms with Gasteiger partial charge >= 0.3 is 0 Å². The second-order valence-corrected chi connectivity index (χ2v) is 6.33. The van der Waals surface area contributed by atoms with Crippen LogP contribution in [0.4, 0.5) is 0 Å². The first-order chi connectivity index (χ1) is 10.2. The SMILES string of the molecule is NC(=O)c1ccccc1CN(CC1CCCCN1)C1CC1. The molecule has 4 heteroatoms. The maximum atomic E-state index is 11.6. The number of carbonyl (C=O) groups is 1. The molecule has 21 heavy (non-hydrogen) atoms. The summed E-state index contributed by atoms with van der Waals surface area (Å²) in [5.41, 5.74) is 7.23. The van der Waals surface area contributed by atoms with Gasteiger partial charge in [-0.2, -0.15) is 0 Å². The molecule has 2 fully saturated rings. The van der Waals surface area contributed by atoms with Crippen molar-refractivity contribution < 1.29 is 4.79 Å². The molecule has 3 N–H and O–H groups in total. The molecular formula is C17H25N3O. The summed E-state index contributed by atoms with van der Waals surface area (Å²) in [6.07, 6.45) is 6.45. The normalized spacial score (nSPS) is 22.4. The third-order valence-corrected chi connectivity index (χ3v) is 4.59. The van der Waals surface area contributed by atoms with Gasteiger partial charge < -0.3 is 11.1 Å². The Kier molecular flexibility index (Phi) is 4.56. The van der Waals surface area contributed by atoms with Crippen molar-refractivity contribution in [3.8, 4) is 0 Å². The number of amides is 1. The quantitative estimate of drug-likeness (QED) is 0.840. The van der Waals surface area contributed by atoms with Gasteiger partial charge in [0.2, 0.25) is 5.91 Å². The Morgan fingerprint density at radius 1 is 1.24 bits per heavy atom. The number of nitrogens with two attached hydrogens (primary N) is 1. The summed E-state index contributed by atoms with van der Waals surface area (Å²) in [6.45, 7) is 3.06. The van der Waals surface area contributed by atoms with Gasteiger partial charge in [-0.25, -0.2) is 0 Å². The van der Waals surface area contributed by atoms with Crippen LogP contribution in [0.5, 0.6) is 0 Å². The van der Waals surface area contributed by atoms with Gasteiger partial charge in [0.1, 0.15) is 0 Å². The van der Waals surface area contributed by atoms with Gasteiger partial charge in [0.25, 0.3) is 0 Å². The van der Waals surface area contributed by atoms with Crippen LogP contribution in [0.2, 0.25) is 0 Å². The van der Waals surface area contributed by atoms with E-state index in [0.717, 1.165) is 25.2 Å². The molecule has 1 aliphatic carbocycles. The number of nitrogens with zero attached hydrogens (tertiary/aromatic N) is 1. The highest BCUT2D eigenvalue weighted by Crippen LogP contribution is 2.29. The Labute approximate surface area is 126 Å².